The molecule has 0 aliphatic rings. The first-order chi connectivity index (χ1) is 26.8. The number of rotatable bonds is 2. The number of fused-ring (bicyclic) bond motifs is 6. The third-order valence-electron chi connectivity index (χ3n) is 12.4. The molecule has 0 bridgehead atoms. The Morgan fingerprint density at radius 2 is 0.611 bits per heavy atom. The third kappa shape index (κ3) is 3.52. The van der Waals surface area contributed by atoms with E-state index in [2.05, 4.69) is 170 Å². The predicted molar refractivity (Wildman–Crippen MR) is 233 cm³/mol. The van der Waals surface area contributed by atoms with Gasteiger partial charge in [0.05, 0.1) is 5.52 Å². The summed E-state index contributed by atoms with van der Waals surface area (Å²) in [7, 11) is 0. The second-order valence-corrected chi connectivity index (χ2v) is 14.9. The van der Waals surface area contributed by atoms with E-state index in [1.165, 1.54) is 125 Å². The summed E-state index contributed by atoms with van der Waals surface area (Å²) in [6.45, 7) is 0. The van der Waals surface area contributed by atoms with Crippen LogP contribution in [0.25, 0.3) is 130 Å². The molecule has 0 saturated carbocycles. The van der Waals surface area contributed by atoms with Crippen molar-refractivity contribution < 1.29 is 0 Å². The highest BCUT2D eigenvalue weighted by Gasteiger charge is 2.23. The van der Waals surface area contributed by atoms with Gasteiger partial charge in [-0.3, -0.25) is 4.98 Å². The second-order valence-electron chi connectivity index (χ2n) is 14.9. The lowest BCUT2D eigenvalue weighted by Gasteiger charge is -2.21. The lowest BCUT2D eigenvalue weighted by molar-refractivity contribution is 1.42. The fourth-order valence-electron chi connectivity index (χ4n) is 10.3. The second kappa shape index (κ2) is 10.3. The van der Waals surface area contributed by atoms with Gasteiger partial charge in [-0.05, 0) is 120 Å². The molecule has 0 unspecified atom stereocenters. The first-order valence-electron chi connectivity index (χ1n) is 18.8. The summed E-state index contributed by atoms with van der Waals surface area (Å²) in [6.07, 6.45) is 1.96. The molecule has 0 saturated heterocycles. The van der Waals surface area contributed by atoms with Gasteiger partial charge in [-0.25, -0.2) is 0 Å². The molecule has 12 aromatic carbocycles. The molecule has 54 heavy (non-hydrogen) atoms. The Kier molecular flexibility index (Phi) is 5.42. The fourth-order valence-corrected chi connectivity index (χ4v) is 10.3. The van der Waals surface area contributed by atoms with Gasteiger partial charge in [0.2, 0.25) is 0 Å². The molecule has 0 spiro atoms. The topological polar surface area (TPSA) is 12.9 Å². The zero-order chi connectivity index (χ0) is 35.1. The first-order valence-corrected chi connectivity index (χ1v) is 18.8. The van der Waals surface area contributed by atoms with E-state index >= 15 is 0 Å². The van der Waals surface area contributed by atoms with Gasteiger partial charge in [0.15, 0.2) is 0 Å². The van der Waals surface area contributed by atoms with E-state index in [4.69, 9.17) is 4.98 Å². The maximum Gasteiger partial charge on any atom is 0.0793 e. The van der Waals surface area contributed by atoms with Crippen LogP contribution in [0.1, 0.15) is 0 Å². The van der Waals surface area contributed by atoms with Crippen LogP contribution in [0.2, 0.25) is 0 Å². The molecule has 0 radical (unpaired) electrons. The summed E-state index contributed by atoms with van der Waals surface area (Å²) < 4.78 is 0. The fraction of sp³-hybridized carbons (Fsp3) is 0. The molecule has 0 aliphatic heterocycles. The number of hydrogen-bond acceptors (Lipinski definition) is 1. The van der Waals surface area contributed by atoms with Gasteiger partial charge in [0.1, 0.15) is 0 Å². The molecule has 1 aromatic heterocycles. The van der Waals surface area contributed by atoms with Crippen LogP contribution in [0.3, 0.4) is 0 Å². The molecule has 0 atom stereocenters. The zero-order valence-electron chi connectivity index (χ0n) is 29.2. The van der Waals surface area contributed by atoms with Crippen LogP contribution in [0.5, 0.6) is 0 Å². The molecule has 13 rings (SSSR count). The van der Waals surface area contributed by atoms with E-state index in [0.717, 1.165) is 5.52 Å². The van der Waals surface area contributed by atoms with E-state index in [0.29, 0.717) is 0 Å². The largest absolute Gasteiger partial charge is 0.256 e. The molecule has 1 heterocycles. The summed E-state index contributed by atoms with van der Waals surface area (Å²) >= 11 is 0. The molecule has 0 N–H and O–H groups in total. The lowest BCUT2D eigenvalue weighted by Crippen LogP contribution is -1.95. The van der Waals surface area contributed by atoms with Crippen LogP contribution < -0.4 is 0 Å². The number of hydrogen-bond donors (Lipinski definition) is 0. The average Bonchev–Trinajstić information content (AvgIpc) is 3.23. The van der Waals surface area contributed by atoms with Crippen molar-refractivity contribution in [2.45, 2.75) is 0 Å². The van der Waals surface area contributed by atoms with Crippen LogP contribution >= 0.6 is 0 Å². The van der Waals surface area contributed by atoms with E-state index in [1.807, 2.05) is 6.20 Å². The van der Waals surface area contributed by atoms with Crippen molar-refractivity contribution in [2.24, 2.45) is 0 Å². The zero-order valence-corrected chi connectivity index (χ0v) is 29.2. The van der Waals surface area contributed by atoms with Crippen LogP contribution in [0.4, 0.5) is 0 Å². The van der Waals surface area contributed by atoms with Gasteiger partial charge in [0.25, 0.3) is 0 Å². The Morgan fingerprint density at radius 1 is 0.241 bits per heavy atom. The van der Waals surface area contributed by atoms with Gasteiger partial charge >= 0.3 is 0 Å². The summed E-state index contributed by atoms with van der Waals surface area (Å²) in [5.41, 5.74) is 5.91. The molecule has 13 aromatic rings. The standard InChI is InChI=1S/C53H29N/c1-2-15-41-36(14-1)51(44-26-25-42-34-18-5-12-30-10-3-16-32(47(30)34)37-20-7-22-39(44)49(37)42)46-24-9-29-54-53(46)52(41)45-28-27-43-35-19-6-13-31-11-4-17-33(48(31)35)38-21-8-23-40(45)50(38)43/h1-29H. The van der Waals surface area contributed by atoms with E-state index in [-0.39, 0.29) is 0 Å². The number of nitrogens with zero attached hydrogens (tertiary/aromatic N) is 1. The van der Waals surface area contributed by atoms with Crippen molar-refractivity contribution in [3.05, 3.63) is 176 Å². The Bertz CT molecular complexity index is 3320. The monoisotopic (exact) mass is 679 g/mol. The minimum atomic E-state index is 1.03. The van der Waals surface area contributed by atoms with Gasteiger partial charge in [-0.1, -0.05) is 164 Å². The summed E-state index contributed by atoms with van der Waals surface area (Å²) in [5, 5.41) is 24.5. The minimum Gasteiger partial charge on any atom is -0.256 e. The Morgan fingerprint density at radius 3 is 1.13 bits per heavy atom. The molecule has 0 amide bonds. The maximum absolute atomic E-state index is 5.25. The number of aromatic nitrogens is 1. The van der Waals surface area contributed by atoms with Crippen LogP contribution in [0, 0.1) is 0 Å². The van der Waals surface area contributed by atoms with Crippen molar-refractivity contribution in [3.8, 4) is 22.3 Å². The Hall–Kier alpha value is -7.09. The first kappa shape index (κ1) is 28.5. The summed E-state index contributed by atoms with van der Waals surface area (Å²) in [5.74, 6) is 0. The molecule has 0 fully saturated rings. The molecule has 246 valence electrons. The highest BCUT2D eigenvalue weighted by Crippen LogP contribution is 2.50. The third-order valence-corrected chi connectivity index (χ3v) is 12.4. The van der Waals surface area contributed by atoms with Gasteiger partial charge < -0.3 is 0 Å². The molecule has 1 heteroatoms. The van der Waals surface area contributed by atoms with Crippen LogP contribution in [0.15, 0.2) is 176 Å². The molecule has 1 nitrogen and oxygen atoms in total. The number of pyridine rings is 1. The van der Waals surface area contributed by atoms with E-state index in [1.54, 1.807) is 0 Å². The van der Waals surface area contributed by atoms with Crippen LogP contribution in [-0.2, 0) is 0 Å². The van der Waals surface area contributed by atoms with E-state index < -0.39 is 0 Å². The van der Waals surface area contributed by atoms with Crippen molar-refractivity contribution in [2.75, 3.05) is 0 Å². The maximum atomic E-state index is 5.25. The smallest absolute Gasteiger partial charge is 0.0793 e. The van der Waals surface area contributed by atoms with Crippen LogP contribution in [-0.4, -0.2) is 4.98 Å². The quantitative estimate of drug-likeness (QED) is 0.131. The molecule has 0 aliphatic carbocycles. The average molecular weight is 680 g/mol. The van der Waals surface area contributed by atoms with Crippen molar-refractivity contribution in [3.63, 3.8) is 0 Å². The highest BCUT2D eigenvalue weighted by molar-refractivity contribution is 6.37. The SMILES string of the molecule is c1ccc2c(-c3ccc4c5cccc6cccc(c7cccc3c74)c65)c3ncccc3c(-c3ccc4c5cccc6cccc(c7cccc3c74)c65)c2c1. The summed E-state index contributed by atoms with van der Waals surface area (Å²) in [6, 6.07) is 63.4. The highest BCUT2D eigenvalue weighted by atomic mass is 14.7. The van der Waals surface area contributed by atoms with Crippen molar-refractivity contribution in [1.82, 2.24) is 4.98 Å². The summed E-state index contributed by atoms with van der Waals surface area (Å²) in [4.78, 5) is 5.25. The molecular weight excluding hydrogens is 651 g/mol. The van der Waals surface area contributed by atoms with Crippen molar-refractivity contribution >= 4 is 108 Å². The van der Waals surface area contributed by atoms with Gasteiger partial charge in [0, 0.05) is 17.1 Å². The predicted octanol–water partition coefficient (Wildman–Crippen LogP) is 14.8. The Labute approximate surface area is 310 Å². The Balaban J connectivity index is 1.17. The van der Waals surface area contributed by atoms with Gasteiger partial charge in [-0.15, -0.1) is 0 Å². The van der Waals surface area contributed by atoms with Gasteiger partial charge in [-0.2, -0.15) is 0 Å². The minimum absolute atomic E-state index is 1.03. The normalized spacial score (nSPS) is 12.4. The van der Waals surface area contributed by atoms with E-state index in [9.17, 15) is 0 Å². The van der Waals surface area contributed by atoms with Crippen molar-refractivity contribution in [1.29, 1.82) is 0 Å². The lowest BCUT2D eigenvalue weighted by atomic mass is 9.82. The number of benzene rings is 12. The molecular formula is C53H29N.